The van der Waals surface area contributed by atoms with E-state index in [4.69, 9.17) is 5.14 Å². The van der Waals surface area contributed by atoms with Gasteiger partial charge in [0.05, 0.1) is 4.90 Å². The normalized spacial score (nSPS) is 15.6. The average Bonchev–Trinajstić information content (AvgIpc) is 2.94. The fourth-order valence-electron chi connectivity index (χ4n) is 3.16. The van der Waals surface area contributed by atoms with Gasteiger partial charge in [-0.05, 0) is 49.3 Å². The highest BCUT2D eigenvalue weighted by Crippen LogP contribution is 2.09. The molecule has 3 rings (SSSR count). The molecule has 9 nitrogen and oxygen atoms in total. The van der Waals surface area contributed by atoms with Crippen LogP contribution in [0.5, 0.6) is 0 Å². The number of primary sulfonamides is 1. The molecule has 1 amide bonds. The number of amides is 1. The lowest BCUT2D eigenvalue weighted by atomic mass is 10.2. The third kappa shape index (κ3) is 5.97. The predicted molar refractivity (Wildman–Crippen MR) is 109 cm³/mol. The van der Waals surface area contributed by atoms with Crippen LogP contribution in [0.1, 0.15) is 28.0 Å². The van der Waals surface area contributed by atoms with E-state index >= 15 is 0 Å². The number of hydrogen-bond acceptors (Lipinski definition) is 6. The zero-order valence-corrected chi connectivity index (χ0v) is 16.8. The van der Waals surface area contributed by atoms with Gasteiger partial charge in [0.1, 0.15) is 5.56 Å². The van der Waals surface area contributed by atoms with Gasteiger partial charge in [0.15, 0.2) is 0 Å². The number of hydrogen-bond donors (Lipinski definition) is 4. The summed E-state index contributed by atoms with van der Waals surface area (Å²) in [5.41, 5.74) is 1.06. The van der Waals surface area contributed by atoms with E-state index in [9.17, 15) is 18.0 Å². The molecule has 29 heavy (non-hydrogen) atoms. The minimum absolute atomic E-state index is 0.000186. The lowest BCUT2D eigenvalue weighted by Crippen LogP contribution is -2.31. The van der Waals surface area contributed by atoms with Gasteiger partial charge in [-0.25, -0.2) is 13.6 Å². The maximum Gasteiger partial charge on any atom is 0.261 e. The summed E-state index contributed by atoms with van der Waals surface area (Å²) in [7, 11) is -3.76. The molecular formula is C19H25N5O4S. The third-order valence-corrected chi connectivity index (χ3v) is 5.68. The number of H-pyrrole nitrogens is 1. The first-order valence-corrected chi connectivity index (χ1v) is 10.9. The van der Waals surface area contributed by atoms with E-state index in [2.05, 4.69) is 20.5 Å². The lowest BCUT2D eigenvalue weighted by Gasteiger charge is -2.19. The van der Waals surface area contributed by atoms with Gasteiger partial charge in [-0.3, -0.25) is 14.5 Å². The van der Waals surface area contributed by atoms with Gasteiger partial charge in [-0.1, -0.05) is 12.1 Å². The highest BCUT2D eigenvalue weighted by Gasteiger charge is 2.14. The quantitative estimate of drug-likeness (QED) is 0.509. The average molecular weight is 420 g/mol. The molecule has 2 heterocycles. The summed E-state index contributed by atoms with van der Waals surface area (Å²) in [5, 5.41) is 11.1. The van der Waals surface area contributed by atoms with Crippen LogP contribution in [0.25, 0.3) is 0 Å². The number of benzene rings is 1. The van der Waals surface area contributed by atoms with Gasteiger partial charge < -0.3 is 15.6 Å². The molecule has 0 aliphatic carbocycles. The molecule has 0 unspecified atom stereocenters. The second-order valence-electron chi connectivity index (χ2n) is 6.98. The Labute approximate surface area is 169 Å². The van der Waals surface area contributed by atoms with Gasteiger partial charge in [-0.2, -0.15) is 0 Å². The van der Waals surface area contributed by atoms with Crippen molar-refractivity contribution in [1.29, 1.82) is 0 Å². The molecule has 0 atom stereocenters. The van der Waals surface area contributed by atoms with Gasteiger partial charge in [0, 0.05) is 31.9 Å². The van der Waals surface area contributed by atoms with Crippen molar-refractivity contribution in [3.63, 3.8) is 0 Å². The highest BCUT2D eigenvalue weighted by molar-refractivity contribution is 7.89. The van der Waals surface area contributed by atoms with Crippen LogP contribution in [-0.4, -0.2) is 50.4 Å². The van der Waals surface area contributed by atoms with Gasteiger partial charge >= 0.3 is 0 Å². The molecule has 0 spiro atoms. The molecule has 1 aliphatic heterocycles. The number of aromatic amines is 1. The number of carbonyl (C=O) groups excluding carboxylic acids is 1. The van der Waals surface area contributed by atoms with Crippen LogP contribution in [0.4, 0.5) is 0 Å². The third-order valence-electron chi connectivity index (χ3n) is 4.75. The number of nitrogens with two attached hydrogens (primary N) is 1. The molecule has 10 heteroatoms. The molecule has 156 valence electrons. The summed E-state index contributed by atoms with van der Waals surface area (Å²) in [6.45, 7) is 4.58. The zero-order valence-electron chi connectivity index (χ0n) is 16.0. The second-order valence-corrected chi connectivity index (χ2v) is 8.54. The zero-order chi connectivity index (χ0) is 20.9. The standard InChI is InChI=1S/C19H25N5O4S/c20-29(27,28)16-5-2-14(3-6-16)12-22-18(25)17-7-4-15(23-19(17)26)13-24-10-1-8-21-9-11-24/h2-7,21H,1,8-13H2,(H,22,25)(H,23,26)(H2,20,27,28). The van der Waals surface area contributed by atoms with E-state index in [0.717, 1.165) is 38.3 Å². The molecular weight excluding hydrogens is 394 g/mol. The summed E-state index contributed by atoms with van der Waals surface area (Å²) in [6.07, 6.45) is 1.06. The van der Waals surface area contributed by atoms with Gasteiger partial charge in [-0.15, -0.1) is 0 Å². The topological polar surface area (TPSA) is 137 Å². The number of aromatic nitrogens is 1. The summed E-state index contributed by atoms with van der Waals surface area (Å²) in [4.78, 5) is 29.7. The fraction of sp³-hybridized carbons (Fsp3) is 0.368. The van der Waals surface area contributed by atoms with Crippen molar-refractivity contribution in [3.05, 3.63) is 63.6 Å². The molecule has 0 radical (unpaired) electrons. The monoisotopic (exact) mass is 419 g/mol. The Morgan fingerprint density at radius 2 is 1.86 bits per heavy atom. The van der Waals surface area contributed by atoms with Crippen LogP contribution >= 0.6 is 0 Å². The van der Waals surface area contributed by atoms with E-state index in [1.165, 1.54) is 18.2 Å². The Morgan fingerprint density at radius 3 is 2.55 bits per heavy atom. The SMILES string of the molecule is NS(=O)(=O)c1ccc(CNC(=O)c2ccc(CN3CCCNCC3)[nH]c2=O)cc1. The fourth-order valence-corrected chi connectivity index (χ4v) is 3.68. The van der Waals surface area contributed by atoms with Crippen LogP contribution in [0.2, 0.25) is 0 Å². The molecule has 5 N–H and O–H groups in total. The number of pyridine rings is 1. The van der Waals surface area contributed by atoms with Crippen molar-refractivity contribution in [1.82, 2.24) is 20.5 Å². The largest absolute Gasteiger partial charge is 0.348 e. The predicted octanol–water partition coefficient (Wildman–Crippen LogP) is -0.252. The maximum atomic E-state index is 12.3. The summed E-state index contributed by atoms with van der Waals surface area (Å²) in [6, 6.07) is 9.15. The van der Waals surface area contributed by atoms with Crippen LogP contribution in [0.3, 0.4) is 0 Å². The van der Waals surface area contributed by atoms with Crippen LogP contribution in [0, 0.1) is 0 Å². The van der Waals surface area contributed by atoms with E-state index in [1.807, 2.05) is 0 Å². The Hall–Kier alpha value is -2.53. The van der Waals surface area contributed by atoms with E-state index < -0.39 is 21.5 Å². The van der Waals surface area contributed by atoms with Crippen LogP contribution in [0.15, 0.2) is 46.1 Å². The lowest BCUT2D eigenvalue weighted by molar-refractivity contribution is 0.0949. The van der Waals surface area contributed by atoms with E-state index in [1.54, 1.807) is 18.2 Å². The molecule has 1 aromatic heterocycles. The Balaban J connectivity index is 1.60. The Bertz CT molecular complexity index is 1010. The van der Waals surface area contributed by atoms with Crippen molar-refractivity contribution in [2.45, 2.75) is 24.4 Å². The number of sulfonamides is 1. The minimum atomic E-state index is -3.76. The molecule has 1 aliphatic rings. The molecule has 0 saturated carbocycles. The Morgan fingerprint density at radius 1 is 1.10 bits per heavy atom. The van der Waals surface area contributed by atoms with E-state index in [-0.39, 0.29) is 17.0 Å². The number of nitrogens with zero attached hydrogens (tertiary/aromatic N) is 1. The van der Waals surface area contributed by atoms with Crippen LogP contribution < -0.4 is 21.3 Å². The molecule has 1 aromatic carbocycles. The van der Waals surface area contributed by atoms with Crippen molar-refractivity contribution in [2.24, 2.45) is 5.14 Å². The summed E-state index contributed by atoms with van der Waals surface area (Å²) >= 11 is 0. The number of carbonyl (C=O) groups is 1. The smallest absolute Gasteiger partial charge is 0.261 e. The van der Waals surface area contributed by atoms with Crippen molar-refractivity contribution < 1.29 is 13.2 Å². The van der Waals surface area contributed by atoms with Crippen molar-refractivity contribution in [2.75, 3.05) is 26.2 Å². The van der Waals surface area contributed by atoms with Gasteiger partial charge in [0.2, 0.25) is 10.0 Å². The van der Waals surface area contributed by atoms with E-state index in [0.29, 0.717) is 12.1 Å². The van der Waals surface area contributed by atoms with Crippen molar-refractivity contribution in [3.8, 4) is 0 Å². The number of nitrogens with one attached hydrogen (secondary N) is 3. The molecule has 1 fully saturated rings. The highest BCUT2D eigenvalue weighted by atomic mass is 32.2. The molecule has 0 bridgehead atoms. The first-order valence-electron chi connectivity index (χ1n) is 9.38. The first kappa shape index (κ1) is 21.2. The molecule has 2 aromatic rings. The first-order chi connectivity index (χ1) is 13.8. The number of rotatable bonds is 6. The van der Waals surface area contributed by atoms with Crippen LogP contribution in [-0.2, 0) is 23.1 Å². The maximum absolute atomic E-state index is 12.3. The second kappa shape index (κ2) is 9.31. The summed E-state index contributed by atoms with van der Waals surface area (Å²) < 4.78 is 22.5. The minimum Gasteiger partial charge on any atom is -0.348 e. The summed E-state index contributed by atoms with van der Waals surface area (Å²) in [5.74, 6) is -0.493. The van der Waals surface area contributed by atoms with Gasteiger partial charge in [0.25, 0.3) is 11.5 Å². The molecule has 1 saturated heterocycles. The van der Waals surface area contributed by atoms with Crippen molar-refractivity contribution >= 4 is 15.9 Å². The Kier molecular flexibility index (Phi) is 6.80.